The zero-order valence-electron chi connectivity index (χ0n) is 12.2. The molecule has 0 radical (unpaired) electrons. The molecule has 0 aliphatic carbocycles. The Balaban J connectivity index is 2.97. The standard InChI is InChI=1S/C16H31NO/c1-2-3-4-5-6-7-8-9-10-11-12-13-14-16(18)15-17/h16,18H,2-14H2,1H3. The van der Waals surface area contributed by atoms with Crippen molar-refractivity contribution in [2.24, 2.45) is 0 Å². The zero-order valence-corrected chi connectivity index (χ0v) is 12.2. The number of hydrogen-bond acceptors (Lipinski definition) is 2. The maximum absolute atomic E-state index is 9.06. The van der Waals surface area contributed by atoms with E-state index in [2.05, 4.69) is 6.92 Å². The smallest absolute Gasteiger partial charge is 0.140 e. The van der Waals surface area contributed by atoms with Crippen LogP contribution in [0.25, 0.3) is 0 Å². The van der Waals surface area contributed by atoms with Gasteiger partial charge < -0.3 is 5.11 Å². The summed E-state index contributed by atoms with van der Waals surface area (Å²) >= 11 is 0. The van der Waals surface area contributed by atoms with Gasteiger partial charge in [0.1, 0.15) is 6.10 Å². The van der Waals surface area contributed by atoms with Crippen LogP contribution in [0.4, 0.5) is 0 Å². The summed E-state index contributed by atoms with van der Waals surface area (Å²) in [6, 6.07) is 1.86. The lowest BCUT2D eigenvalue weighted by Crippen LogP contribution is -2.01. The monoisotopic (exact) mass is 253 g/mol. The molecule has 0 spiro atoms. The fourth-order valence-corrected chi connectivity index (χ4v) is 2.24. The molecule has 0 fully saturated rings. The summed E-state index contributed by atoms with van der Waals surface area (Å²) in [5.41, 5.74) is 0. The van der Waals surface area contributed by atoms with Crippen molar-refractivity contribution < 1.29 is 5.11 Å². The summed E-state index contributed by atoms with van der Waals surface area (Å²) in [5, 5.41) is 17.5. The van der Waals surface area contributed by atoms with Gasteiger partial charge in [0.15, 0.2) is 0 Å². The van der Waals surface area contributed by atoms with Crippen LogP contribution in [0.2, 0.25) is 0 Å². The lowest BCUT2D eigenvalue weighted by atomic mass is 10.0. The van der Waals surface area contributed by atoms with E-state index in [0.29, 0.717) is 6.42 Å². The Morgan fingerprint density at radius 2 is 1.17 bits per heavy atom. The van der Waals surface area contributed by atoms with Gasteiger partial charge >= 0.3 is 0 Å². The van der Waals surface area contributed by atoms with Gasteiger partial charge in [0.25, 0.3) is 0 Å². The van der Waals surface area contributed by atoms with E-state index in [1.54, 1.807) is 0 Å². The van der Waals surface area contributed by atoms with Crippen LogP contribution in [-0.4, -0.2) is 11.2 Å². The topological polar surface area (TPSA) is 44.0 Å². The number of rotatable bonds is 13. The molecule has 0 aromatic carbocycles. The highest BCUT2D eigenvalue weighted by Crippen LogP contribution is 2.12. The van der Waals surface area contributed by atoms with Gasteiger partial charge in [0, 0.05) is 0 Å². The Kier molecular flexibility index (Phi) is 14.1. The Hall–Kier alpha value is -0.550. The predicted octanol–water partition coefficient (Wildman–Crippen LogP) is 4.96. The normalized spacial score (nSPS) is 12.3. The molecule has 1 unspecified atom stereocenters. The molecule has 0 saturated heterocycles. The minimum Gasteiger partial charge on any atom is -0.378 e. The second kappa shape index (κ2) is 14.5. The third-order valence-corrected chi connectivity index (χ3v) is 3.48. The minimum absolute atomic E-state index is 0.647. The molecular formula is C16H31NO. The van der Waals surface area contributed by atoms with Crippen molar-refractivity contribution in [2.45, 2.75) is 96.5 Å². The molecule has 0 rings (SSSR count). The van der Waals surface area contributed by atoms with E-state index in [1.807, 2.05) is 6.07 Å². The van der Waals surface area contributed by atoms with E-state index in [1.165, 1.54) is 64.2 Å². The molecule has 0 amide bonds. The van der Waals surface area contributed by atoms with Crippen LogP contribution in [0.3, 0.4) is 0 Å². The van der Waals surface area contributed by atoms with Gasteiger partial charge in [0.05, 0.1) is 6.07 Å². The SMILES string of the molecule is CCCCCCCCCCCCCCC(O)C#N. The van der Waals surface area contributed by atoms with Crippen molar-refractivity contribution in [3.05, 3.63) is 0 Å². The molecule has 0 saturated carbocycles. The second-order valence-electron chi connectivity index (χ2n) is 5.32. The highest BCUT2D eigenvalue weighted by Gasteiger charge is 1.99. The average molecular weight is 253 g/mol. The summed E-state index contributed by atoms with van der Waals surface area (Å²) in [6.07, 6.45) is 15.7. The molecule has 1 N–H and O–H groups in total. The molecule has 0 aliphatic heterocycles. The fourth-order valence-electron chi connectivity index (χ4n) is 2.24. The predicted molar refractivity (Wildman–Crippen MR) is 77.3 cm³/mol. The first-order valence-corrected chi connectivity index (χ1v) is 7.89. The van der Waals surface area contributed by atoms with E-state index in [-0.39, 0.29) is 0 Å². The van der Waals surface area contributed by atoms with Crippen molar-refractivity contribution in [1.82, 2.24) is 0 Å². The van der Waals surface area contributed by atoms with Crippen molar-refractivity contribution in [2.75, 3.05) is 0 Å². The molecule has 2 nitrogen and oxygen atoms in total. The summed E-state index contributed by atoms with van der Waals surface area (Å²) in [7, 11) is 0. The van der Waals surface area contributed by atoms with E-state index < -0.39 is 6.10 Å². The third kappa shape index (κ3) is 13.5. The highest BCUT2D eigenvalue weighted by atomic mass is 16.3. The summed E-state index contributed by atoms with van der Waals surface area (Å²) in [6.45, 7) is 2.26. The summed E-state index contributed by atoms with van der Waals surface area (Å²) < 4.78 is 0. The Labute approximate surface area is 113 Å². The number of nitriles is 1. The van der Waals surface area contributed by atoms with Crippen molar-refractivity contribution in [1.29, 1.82) is 5.26 Å². The van der Waals surface area contributed by atoms with Gasteiger partial charge in [-0.15, -0.1) is 0 Å². The lowest BCUT2D eigenvalue weighted by molar-refractivity contribution is 0.215. The van der Waals surface area contributed by atoms with Crippen LogP contribution >= 0.6 is 0 Å². The first-order chi connectivity index (χ1) is 8.81. The van der Waals surface area contributed by atoms with Crippen molar-refractivity contribution >= 4 is 0 Å². The third-order valence-electron chi connectivity index (χ3n) is 3.48. The van der Waals surface area contributed by atoms with Gasteiger partial charge in [-0.25, -0.2) is 0 Å². The first kappa shape index (κ1) is 17.4. The Morgan fingerprint density at radius 1 is 0.778 bits per heavy atom. The van der Waals surface area contributed by atoms with Crippen molar-refractivity contribution in [3.63, 3.8) is 0 Å². The van der Waals surface area contributed by atoms with Gasteiger partial charge in [0.2, 0.25) is 0 Å². The largest absolute Gasteiger partial charge is 0.378 e. The number of hydrogen-bond donors (Lipinski definition) is 1. The molecule has 1 atom stereocenters. The number of aliphatic hydroxyl groups is 1. The molecule has 0 aromatic heterocycles. The quantitative estimate of drug-likeness (QED) is 0.372. The van der Waals surface area contributed by atoms with E-state index in [4.69, 9.17) is 10.4 Å². The molecule has 0 aliphatic rings. The fraction of sp³-hybridized carbons (Fsp3) is 0.938. The Morgan fingerprint density at radius 3 is 1.56 bits per heavy atom. The summed E-state index contributed by atoms with van der Waals surface area (Å²) in [5.74, 6) is 0. The molecule has 0 aromatic rings. The maximum atomic E-state index is 9.06. The lowest BCUT2D eigenvalue weighted by Gasteiger charge is -2.03. The van der Waals surface area contributed by atoms with E-state index >= 15 is 0 Å². The maximum Gasteiger partial charge on any atom is 0.140 e. The highest BCUT2D eigenvalue weighted by molar-refractivity contribution is 4.81. The average Bonchev–Trinajstić information content (AvgIpc) is 2.39. The van der Waals surface area contributed by atoms with Crippen LogP contribution < -0.4 is 0 Å². The molecule has 0 heterocycles. The van der Waals surface area contributed by atoms with E-state index in [9.17, 15) is 0 Å². The molecule has 106 valence electrons. The van der Waals surface area contributed by atoms with Crippen LogP contribution in [0.1, 0.15) is 90.4 Å². The number of unbranched alkanes of at least 4 members (excludes halogenated alkanes) is 11. The van der Waals surface area contributed by atoms with Crippen LogP contribution in [0, 0.1) is 11.3 Å². The Bertz CT molecular complexity index is 198. The van der Waals surface area contributed by atoms with Gasteiger partial charge in [-0.2, -0.15) is 5.26 Å². The number of aliphatic hydroxyl groups excluding tert-OH is 1. The van der Waals surface area contributed by atoms with Crippen molar-refractivity contribution in [3.8, 4) is 6.07 Å². The van der Waals surface area contributed by atoms with Gasteiger partial charge in [-0.3, -0.25) is 0 Å². The van der Waals surface area contributed by atoms with Crippen LogP contribution in [-0.2, 0) is 0 Å². The van der Waals surface area contributed by atoms with Crippen LogP contribution in [0.15, 0.2) is 0 Å². The molecule has 18 heavy (non-hydrogen) atoms. The number of nitrogens with zero attached hydrogens (tertiary/aromatic N) is 1. The zero-order chi connectivity index (χ0) is 13.5. The first-order valence-electron chi connectivity index (χ1n) is 7.89. The molecule has 0 bridgehead atoms. The van der Waals surface area contributed by atoms with Gasteiger partial charge in [-0.1, -0.05) is 77.6 Å². The molecule has 2 heteroatoms. The van der Waals surface area contributed by atoms with Crippen LogP contribution in [0.5, 0.6) is 0 Å². The minimum atomic E-state index is -0.742. The summed E-state index contributed by atoms with van der Waals surface area (Å²) in [4.78, 5) is 0. The molecular weight excluding hydrogens is 222 g/mol. The second-order valence-corrected chi connectivity index (χ2v) is 5.32. The van der Waals surface area contributed by atoms with Gasteiger partial charge in [-0.05, 0) is 12.8 Å². The van der Waals surface area contributed by atoms with E-state index in [0.717, 1.165) is 12.8 Å².